The van der Waals surface area contributed by atoms with Crippen molar-refractivity contribution in [2.45, 2.75) is 45.6 Å². The van der Waals surface area contributed by atoms with Crippen molar-refractivity contribution in [1.82, 2.24) is 4.90 Å². The second-order valence-corrected chi connectivity index (χ2v) is 5.72. The summed E-state index contributed by atoms with van der Waals surface area (Å²) in [5.41, 5.74) is 0.699. The summed E-state index contributed by atoms with van der Waals surface area (Å²) in [6.45, 7) is 7.33. The van der Waals surface area contributed by atoms with Crippen LogP contribution >= 0.6 is 0 Å². The molecule has 0 radical (unpaired) electrons. The van der Waals surface area contributed by atoms with Crippen LogP contribution in [0.1, 0.15) is 39.5 Å². The lowest BCUT2D eigenvalue weighted by Crippen LogP contribution is -2.63. The maximum Gasteiger partial charge on any atom is 0.0586 e. The highest BCUT2D eigenvalue weighted by Gasteiger charge is 2.48. The minimum atomic E-state index is 0.342. The molecule has 1 aliphatic carbocycles. The molecule has 2 aliphatic rings. The average Bonchev–Trinajstić information content (AvgIpc) is 1.96. The summed E-state index contributed by atoms with van der Waals surface area (Å²) >= 11 is 0. The fraction of sp³-hybridized carbons (Fsp3) is 1.00. The standard InChI is InChI=1S/C12H23NO/c1-10(2)6-11(7-14)13-8-12(9-13)4-3-5-12/h10-11,14H,3-9H2,1-2H3. The fourth-order valence-electron chi connectivity index (χ4n) is 2.95. The molecule has 1 saturated carbocycles. The van der Waals surface area contributed by atoms with Gasteiger partial charge >= 0.3 is 0 Å². The monoisotopic (exact) mass is 197 g/mol. The second kappa shape index (κ2) is 3.82. The molecule has 1 saturated heterocycles. The Kier molecular flexibility index (Phi) is 2.85. The molecule has 1 N–H and O–H groups in total. The van der Waals surface area contributed by atoms with E-state index < -0.39 is 0 Å². The normalized spacial score (nSPS) is 27.4. The van der Waals surface area contributed by atoms with E-state index in [1.165, 1.54) is 32.4 Å². The predicted octanol–water partition coefficient (Wildman–Crippen LogP) is 1.88. The Morgan fingerprint density at radius 3 is 2.29 bits per heavy atom. The van der Waals surface area contributed by atoms with Crippen LogP contribution in [0.25, 0.3) is 0 Å². The molecule has 1 spiro atoms. The van der Waals surface area contributed by atoms with Crippen molar-refractivity contribution >= 4 is 0 Å². The van der Waals surface area contributed by atoms with Crippen LogP contribution in [0.3, 0.4) is 0 Å². The van der Waals surface area contributed by atoms with Crippen LogP contribution < -0.4 is 0 Å². The molecule has 2 fully saturated rings. The maximum atomic E-state index is 9.33. The Morgan fingerprint density at radius 1 is 1.29 bits per heavy atom. The summed E-state index contributed by atoms with van der Waals surface area (Å²) in [4.78, 5) is 2.49. The lowest BCUT2D eigenvalue weighted by Gasteiger charge is -2.58. The largest absolute Gasteiger partial charge is 0.395 e. The van der Waals surface area contributed by atoms with E-state index in [0.29, 0.717) is 24.0 Å². The topological polar surface area (TPSA) is 23.5 Å². The van der Waals surface area contributed by atoms with Crippen LogP contribution in [-0.2, 0) is 0 Å². The van der Waals surface area contributed by atoms with Gasteiger partial charge in [0.05, 0.1) is 6.61 Å². The van der Waals surface area contributed by atoms with E-state index in [2.05, 4.69) is 18.7 Å². The van der Waals surface area contributed by atoms with Crippen molar-refractivity contribution in [1.29, 1.82) is 0 Å². The van der Waals surface area contributed by atoms with Crippen LogP contribution in [0, 0.1) is 11.3 Å². The third-order valence-electron chi connectivity index (χ3n) is 3.96. The summed E-state index contributed by atoms with van der Waals surface area (Å²) in [7, 11) is 0. The molecular formula is C12H23NO. The van der Waals surface area contributed by atoms with E-state index >= 15 is 0 Å². The van der Waals surface area contributed by atoms with E-state index in [1.54, 1.807) is 0 Å². The fourth-order valence-corrected chi connectivity index (χ4v) is 2.95. The number of nitrogens with zero attached hydrogens (tertiary/aromatic N) is 1. The summed E-state index contributed by atoms with van der Waals surface area (Å²) in [6.07, 6.45) is 5.45. The Morgan fingerprint density at radius 2 is 1.93 bits per heavy atom. The van der Waals surface area contributed by atoms with Crippen LogP contribution in [0.2, 0.25) is 0 Å². The van der Waals surface area contributed by atoms with E-state index in [9.17, 15) is 5.11 Å². The van der Waals surface area contributed by atoms with Crippen molar-refractivity contribution in [3.8, 4) is 0 Å². The molecule has 0 aromatic carbocycles. The summed E-state index contributed by atoms with van der Waals surface area (Å²) < 4.78 is 0. The Hall–Kier alpha value is -0.0800. The molecular weight excluding hydrogens is 174 g/mol. The van der Waals surface area contributed by atoms with Crippen molar-refractivity contribution < 1.29 is 5.11 Å². The predicted molar refractivity (Wildman–Crippen MR) is 58.2 cm³/mol. The molecule has 1 unspecified atom stereocenters. The highest BCUT2D eigenvalue weighted by atomic mass is 16.3. The molecule has 1 aliphatic heterocycles. The Bertz CT molecular complexity index is 190. The van der Waals surface area contributed by atoms with E-state index in [0.717, 1.165) is 6.42 Å². The van der Waals surface area contributed by atoms with Gasteiger partial charge in [0.15, 0.2) is 0 Å². The van der Waals surface area contributed by atoms with E-state index in [-0.39, 0.29) is 0 Å². The van der Waals surface area contributed by atoms with Crippen LogP contribution in [-0.4, -0.2) is 35.7 Å². The number of likely N-dealkylation sites (tertiary alicyclic amines) is 1. The SMILES string of the molecule is CC(C)CC(CO)N1CC2(CCC2)C1. The van der Waals surface area contributed by atoms with Crippen LogP contribution in [0.15, 0.2) is 0 Å². The van der Waals surface area contributed by atoms with Crippen LogP contribution in [0.4, 0.5) is 0 Å². The number of aliphatic hydroxyl groups is 1. The van der Waals surface area contributed by atoms with Gasteiger partial charge in [-0.05, 0) is 30.6 Å². The minimum absolute atomic E-state index is 0.342. The van der Waals surface area contributed by atoms with E-state index in [1.807, 2.05) is 0 Å². The van der Waals surface area contributed by atoms with Gasteiger partial charge in [0.1, 0.15) is 0 Å². The molecule has 0 aromatic rings. The molecule has 1 atom stereocenters. The zero-order chi connectivity index (χ0) is 10.2. The first-order valence-electron chi connectivity index (χ1n) is 6.00. The van der Waals surface area contributed by atoms with Gasteiger partial charge in [-0.1, -0.05) is 20.3 Å². The van der Waals surface area contributed by atoms with Gasteiger partial charge in [-0.3, -0.25) is 4.90 Å². The van der Waals surface area contributed by atoms with Crippen molar-refractivity contribution in [3.63, 3.8) is 0 Å². The lowest BCUT2D eigenvalue weighted by atomic mass is 9.63. The summed E-state index contributed by atoms with van der Waals surface area (Å²) in [5.74, 6) is 0.699. The average molecular weight is 197 g/mol. The zero-order valence-electron chi connectivity index (χ0n) is 9.50. The van der Waals surface area contributed by atoms with Gasteiger partial charge in [-0.2, -0.15) is 0 Å². The molecule has 1 heterocycles. The molecule has 0 aromatic heterocycles. The molecule has 0 amide bonds. The van der Waals surface area contributed by atoms with Crippen molar-refractivity contribution in [3.05, 3.63) is 0 Å². The third-order valence-corrected chi connectivity index (χ3v) is 3.96. The summed E-state index contributed by atoms with van der Waals surface area (Å²) in [6, 6.07) is 0.432. The van der Waals surface area contributed by atoms with Gasteiger partial charge in [0.2, 0.25) is 0 Å². The first-order chi connectivity index (χ1) is 6.65. The zero-order valence-corrected chi connectivity index (χ0v) is 9.50. The smallest absolute Gasteiger partial charge is 0.0586 e. The number of hydrogen-bond acceptors (Lipinski definition) is 2. The van der Waals surface area contributed by atoms with Gasteiger partial charge in [0.25, 0.3) is 0 Å². The minimum Gasteiger partial charge on any atom is -0.395 e. The molecule has 82 valence electrons. The van der Waals surface area contributed by atoms with Crippen molar-refractivity contribution in [2.75, 3.05) is 19.7 Å². The second-order valence-electron chi connectivity index (χ2n) is 5.72. The quantitative estimate of drug-likeness (QED) is 0.744. The highest BCUT2D eigenvalue weighted by molar-refractivity contribution is 5.02. The molecule has 2 rings (SSSR count). The van der Waals surface area contributed by atoms with Crippen molar-refractivity contribution in [2.24, 2.45) is 11.3 Å². The van der Waals surface area contributed by atoms with Gasteiger partial charge in [0, 0.05) is 19.1 Å². The number of rotatable bonds is 4. The molecule has 2 heteroatoms. The first-order valence-corrected chi connectivity index (χ1v) is 6.00. The Labute approximate surface area is 87.3 Å². The highest BCUT2D eigenvalue weighted by Crippen LogP contribution is 2.49. The number of aliphatic hydroxyl groups excluding tert-OH is 1. The van der Waals surface area contributed by atoms with Crippen LogP contribution in [0.5, 0.6) is 0 Å². The lowest BCUT2D eigenvalue weighted by molar-refractivity contribution is -0.0956. The Balaban J connectivity index is 1.77. The van der Waals surface area contributed by atoms with Gasteiger partial charge < -0.3 is 5.11 Å². The molecule has 14 heavy (non-hydrogen) atoms. The van der Waals surface area contributed by atoms with Gasteiger partial charge in [-0.15, -0.1) is 0 Å². The van der Waals surface area contributed by atoms with E-state index in [4.69, 9.17) is 0 Å². The summed E-state index contributed by atoms with van der Waals surface area (Å²) in [5, 5.41) is 9.33. The molecule has 0 bridgehead atoms. The third kappa shape index (κ3) is 1.82. The van der Waals surface area contributed by atoms with Gasteiger partial charge in [-0.25, -0.2) is 0 Å². The molecule has 2 nitrogen and oxygen atoms in total. The number of hydrogen-bond donors (Lipinski definition) is 1. The maximum absolute atomic E-state index is 9.33. The first kappa shape index (κ1) is 10.4.